The Labute approximate surface area is 91.5 Å². The van der Waals surface area contributed by atoms with Gasteiger partial charge in [-0.2, -0.15) is 0 Å². The molecule has 3 nitrogen and oxygen atoms in total. The van der Waals surface area contributed by atoms with Gasteiger partial charge in [-0.1, -0.05) is 0 Å². The quantitative estimate of drug-likeness (QED) is 0.755. The van der Waals surface area contributed by atoms with E-state index in [4.69, 9.17) is 0 Å². The van der Waals surface area contributed by atoms with Crippen LogP contribution in [0.15, 0.2) is 24.5 Å². The van der Waals surface area contributed by atoms with Gasteiger partial charge in [0, 0.05) is 30.9 Å². The third-order valence-corrected chi connectivity index (χ3v) is 2.95. The fourth-order valence-corrected chi connectivity index (χ4v) is 2.04. The molecule has 0 saturated carbocycles. The van der Waals surface area contributed by atoms with Crippen LogP contribution in [-0.4, -0.2) is 29.7 Å². The molecule has 1 fully saturated rings. The average molecular weight is 205 g/mol. The second kappa shape index (κ2) is 3.81. The van der Waals surface area contributed by atoms with Crippen LogP contribution in [0.25, 0.3) is 0 Å². The van der Waals surface area contributed by atoms with Gasteiger partial charge < -0.3 is 10.2 Å². The average Bonchev–Trinajstić information content (AvgIpc) is 2.23. The molecule has 1 aromatic rings. The maximum absolute atomic E-state index is 4.18. The summed E-state index contributed by atoms with van der Waals surface area (Å²) in [6.07, 6.45) is 3.76. The first-order chi connectivity index (χ1) is 7.08. The Bertz CT molecular complexity index is 321. The molecule has 1 aliphatic rings. The van der Waals surface area contributed by atoms with Crippen molar-refractivity contribution in [3.8, 4) is 0 Å². The topological polar surface area (TPSA) is 28.2 Å². The molecule has 0 aliphatic carbocycles. The lowest BCUT2D eigenvalue weighted by atomic mass is 9.99. The molecule has 2 rings (SSSR count). The van der Waals surface area contributed by atoms with Gasteiger partial charge in [0.25, 0.3) is 0 Å². The Hall–Kier alpha value is -1.09. The third kappa shape index (κ3) is 2.29. The molecule has 1 saturated heterocycles. The standard InChI is InChI=1S/C12H19N3/c1-10-7-14-12(2,3)9-15(10)11-5-4-6-13-8-11/h4-6,8,10,14H,7,9H2,1-3H3. The summed E-state index contributed by atoms with van der Waals surface area (Å²) < 4.78 is 0. The zero-order valence-corrected chi connectivity index (χ0v) is 9.70. The molecule has 1 N–H and O–H groups in total. The van der Waals surface area contributed by atoms with Crippen molar-refractivity contribution < 1.29 is 0 Å². The van der Waals surface area contributed by atoms with E-state index in [0.717, 1.165) is 13.1 Å². The Morgan fingerprint density at radius 1 is 1.53 bits per heavy atom. The molecule has 82 valence electrons. The highest BCUT2D eigenvalue weighted by molar-refractivity contribution is 5.46. The molecule has 0 amide bonds. The molecule has 0 bridgehead atoms. The molecule has 0 radical (unpaired) electrons. The van der Waals surface area contributed by atoms with Gasteiger partial charge in [-0.25, -0.2) is 0 Å². The Morgan fingerprint density at radius 3 is 3.00 bits per heavy atom. The number of anilines is 1. The second-order valence-corrected chi connectivity index (χ2v) is 4.95. The Morgan fingerprint density at radius 2 is 2.33 bits per heavy atom. The smallest absolute Gasteiger partial charge is 0.0556 e. The summed E-state index contributed by atoms with van der Waals surface area (Å²) in [4.78, 5) is 6.60. The number of nitrogens with zero attached hydrogens (tertiary/aromatic N) is 2. The predicted molar refractivity (Wildman–Crippen MR) is 63.1 cm³/mol. The van der Waals surface area contributed by atoms with Crippen molar-refractivity contribution in [2.45, 2.75) is 32.4 Å². The monoisotopic (exact) mass is 205 g/mol. The summed E-state index contributed by atoms with van der Waals surface area (Å²) in [7, 11) is 0. The lowest BCUT2D eigenvalue weighted by Crippen LogP contribution is -2.61. The van der Waals surface area contributed by atoms with Crippen LogP contribution in [-0.2, 0) is 0 Å². The minimum Gasteiger partial charge on any atom is -0.364 e. The highest BCUT2D eigenvalue weighted by Gasteiger charge is 2.30. The van der Waals surface area contributed by atoms with E-state index in [-0.39, 0.29) is 5.54 Å². The van der Waals surface area contributed by atoms with Crippen molar-refractivity contribution >= 4 is 5.69 Å². The largest absolute Gasteiger partial charge is 0.364 e. The second-order valence-electron chi connectivity index (χ2n) is 4.95. The fourth-order valence-electron chi connectivity index (χ4n) is 2.04. The lowest BCUT2D eigenvalue weighted by molar-refractivity contribution is 0.318. The van der Waals surface area contributed by atoms with Gasteiger partial charge in [0.15, 0.2) is 0 Å². The molecule has 1 aliphatic heterocycles. The lowest BCUT2D eigenvalue weighted by Gasteiger charge is -2.44. The molecule has 0 spiro atoms. The molecular weight excluding hydrogens is 186 g/mol. The summed E-state index contributed by atoms with van der Waals surface area (Å²) in [5, 5.41) is 3.55. The zero-order chi connectivity index (χ0) is 10.9. The molecule has 1 atom stereocenters. The molecule has 0 aromatic carbocycles. The van der Waals surface area contributed by atoms with Crippen molar-refractivity contribution in [1.82, 2.24) is 10.3 Å². The molecular formula is C12H19N3. The minimum absolute atomic E-state index is 0.183. The van der Waals surface area contributed by atoms with Gasteiger partial charge in [0.1, 0.15) is 0 Å². The first-order valence-corrected chi connectivity index (χ1v) is 5.50. The van der Waals surface area contributed by atoms with Gasteiger partial charge in [-0.15, -0.1) is 0 Å². The van der Waals surface area contributed by atoms with Crippen LogP contribution in [0, 0.1) is 0 Å². The minimum atomic E-state index is 0.183. The number of hydrogen-bond acceptors (Lipinski definition) is 3. The fraction of sp³-hybridized carbons (Fsp3) is 0.583. The van der Waals surface area contributed by atoms with Crippen molar-refractivity contribution in [3.05, 3.63) is 24.5 Å². The summed E-state index contributed by atoms with van der Waals surface area (Å²) >= 11 is 0. The van der Waals surface area contributed by atoms with Crippen LogP contribution in [0.1, 0.15) is 20.8 Å². The first kappa shape index (κ1) is 10.4. The molecule has 15 heavy (non-hydrogen) atoms. The van der Waals surface area contributed by atoms with Crippen LogP contribution in [0.4, 0.5) is 5.69 Å². The predicted octanol–water partition coefficient (Wildman–Crippen LogP) is 1.66. The van der Waals surface area contributed by atoms with Crippen LogP contribution >= 0.6 is 0 Å². The van der Waals surface area contributed by atoms with Gasteiger partial charge in [-0.05, 0) is 32.9 Å². The van der Waals surface area contributed by atoms with Crippen LogP contribution < -0.4 is 10.2 Å². The van der Waals surface area contributed by atoms with Crippen molar-refractivity contribution in [2.75, 3.05) is 18.0 Å². The van der Waals surface area contributed by atoms with Crippen molar-refractivity contribution in [3.63, 3.8) is 0 Å². The normalized spacial score (nSPS) is 25.3. The number of rotatable bonds is 1. The molecule has 2 heterocycles. The third-order valence-electron chi connectivity index (χ3n) is 2.95. The van der Waals surface area contributed by atoms with Crippen molar-refractivity contribution in [1.29, 1.82) is 0 Å². The van der Waals surface area contributed by atoms with Crippen LogP contribution in [0.2, 0.25) is 0 Å². The number of nitrogens with one attached hydrogen (secondary N) is 1. The van der Waals surface area contributed by atoms with Gasteiger partial charge in [0.2, 0.25) is 0 Å². The van der Waals surface area contributed by atoms with E-state index < -0.39 is 0 Å². The zero-order valence-electron chi connectivity index (χ0n) is 9.70. The summed E-state index contributed by atoms with van der Waals surface area (Å²) in [6.45, 7) is 8.78. The number of piperazine rings is 1. The molecule has 1 unspecified atom stereocenters. The van der Waals surface area contributed by atoms with E-state index in [2.05, 4.69) is 42.0 Å². The number of hydrogen-bond donors (Lipinski definition) is 1. The van der Waals surface area contributed by atoms with Gasteiger partial charge >= 0.3 is 0 Å². The summed E-state index contributed by atoms with van der Waals surface area (Å²) in [5.74, 6) is 0. The highest BCUT2D eigenvalue weighted by atomic mass is 15.2. The van der Waals surface area contributed by atoms with E-state index >= 15 is 0 Å². The van der Waals surface area contributed by atoms with Gasteiger partial charge in [0.05, 0.1) is 11.9 Å². The maximum Gasteiger partial charge on any atom is 0.0556 e. The SMILES string of the molecule is CC1CNC(C)(C)CN1c1cccnc1. The maximum atomic E-state index is 4.18. The van der Waals surface area contributed by atoms with Crippen LogP contribution in [0.5, 0.6) is 0 Å². The van der Waals surface area contributed by atoms with E-state index in [1.807, 2.05) is 18.5 Å². The number of aromatic nitrogens is 1. The number of pyridine rings is 1. The molecule has 1 aromatic heterocycles. The van der Waals surface area contributed by atoms with Gasteiger partial charge in [-0.3, -0.25) is 4.98 Å². The van der Waals surface area contributed by atoms with E-state index in [1.165, 1.54) is 5.69 Å². The highest BCUT2D eigenvalue weighted by Crippen LogP contribution is 2.21. The summed E-state index contributed by atoms with van der Waals surface area (Å²) in [5.41, 5.74) is 1.40. The Balaban J connectivity index is 2.20. The first-order valence-electron chi connectivity index (χ1n) is 5.50. The molecule has 3 heteroatoms. The summed E-state index contributed by atoms with van der Waals surface area (Å²) in [6, 6.07) is 4.66. The van der Waals surface area contributed by atoms with Crippen LogP contribution in [0.3, 0.4) is 0 Å². The van der Waals surface area contributed by atoms with Crippen molar-refractivity contribution in [2.24, 2.45) is 0 Å². The van der Waals surface area contributed by atoms with E-state index in [0.29, 0.717) is 6.04 Å². The van der Waals surface area contributed by atoms with E-state index in [1.54, 1.807) is 0 Å². The van der Waals surface area contributed by atoms with E-state index in [9.17, 15) is 0 Å². The Kier molecular flexibility index (Phi) is 2.65.